The number of hydrogen-bond acceptors (Lipinski definition) is 3. The number of nitrogens with one attached hydrogen (secondary N) is 1. The normalized spacial score (nSPS) is 13.7. The van der Waals surface area contributed by atoms with Crippen molar-refractivity contribution in [2.45, 2.75) is 25.9 Å². The molecule has 2 rings (SSSR count). The number of hydrogen-bond donors (Lipinski definition) is 1. The van der Waals surface area contributed by atoms with Crippen LogP contribution in [0, 0.1) is 10.1 Å². The van der Waals surface area contributed by atoms with E-state index in [1.807, 2.05) is 18.2 Å². The molecule has 0 saturated heterocycles. The zero-order chi connectivity index (χ0) is 15.4. The molecule has 0 spiro atoms. The molecule has 0 heterocycles. The molecule has 2 atom stereocenters. The summed E-state index contributed by atoms with van der Waals surface area (Å²) in [5.41, 5.74) is 2.33. The molecular formula is C16H17BrN2O2. The van der Waals surface area contributed by atoms with E-state index in [1.165, 1.54) is 17.7 Å². The first-order valence-corrected chi connectivity index (χ1v) is 7.53. The van der Waals surface area contributed by atoms with E-state index < -0.39 is 0 Å². The first kappa shape index (κ1) is 15.7. The third-order valence-corrected chi connectivity index (χ3v) is 4.20. The molecule has 0 aromatic heterocycles. The van der Waals surface area contributed by atoms with Gasteiger partial charge in [-0.2, -0.15) is 0 Å². The number of nitrogens with zero attached hydrogens (tertiary/aromatic N) is 1. The van der Waals surface area contributed by atoms with Crippen molar-refractivity contribution in [2.75, 3.05) is 0 Å². The highest BCUT2D eigenvalue weighted by atomic mass is 79.9. The molecular weight excluding hydrogens is 332 g/mol. The summed E-state index contributed by atoms with van der Waals surface area (Å²) in [5.74, 6) is 0. The van der Waals surface area contributed by atoms with Crippen LogP contribution >= 0.6 is 15.9 Å². The molecule has 1 unspecified atom stereocenters. The Hall–Kier alpha value is -1.72. The predicted octanol–water partition coefficient (Wildman–Crippen LogP) is 4.77. The summed E-state index contributed by atoms with van der Waals surface area (Å²) in [7, 11) is 0. The predicted molar refractivity (Wildman–Crippen MR) is 87.2 cm³/mol. The molecule has 110 valence electrons. The SMILES string of the molecule is CC(N[C@@H](C)c1ccccc1Br)c1ccc([N+](=O)[O-])cc1. The van der Waals surface area contributed by atoms with E-state index in [1.54, 1.807) is 12.1 Å². The lowest BCUT2D eigenvalue weighted by atomic mass is 10.0. The summed E-state index contributed by atoms with van der Waals surface area (Å²) in [6.07, 6.45) is 0. The Bertz CT molecular complexity index is 628. The van der Waals surface area contributed by atoms with Crippen LogP contribution in [0.4, 0.5) is 5.69 Å². The maximum absolute atomic E-state index is 10.7. The smallest absolute Gasteiger partial charge is 0.269 e. The van der Waals surface area contributed by atoms with E-state index in [0.29, 0.717) is 0 Å². The number of non-ortho nitro benzene ring substituents is 1. The van der Waals surface area contributed by atoms with Crippen molar-refractivity contribution in [3.8, 4) is 0 Å². The number of nitro benzene ring substituents is 1. The number of benzene rings is 2. The lowest BCUT2D eigenvalue weighted by Gasteiger charge is -2.21. The van der Waals surface area contributed by atoms with Gasteiger partial charge in [0.2, 0.25) is 0 Å². The van der Waals surface area contributed by atoms with Crippen LogP contribution in [-0.2, 0) is 0 Å². The summed E-state index contributed by atoms with van der Waals surface area (Å²) in [4.78, 5) is 10.3. The molecule has 0 amide bonds. The molecule has 0 saturated carbocycles. The fraction of sp³-hybridized carbons (Fsp3) is 0.250. The van der Waals surface area contributed by atoms with Crippen LogP contribution < -0.4 is 5.32 Å². The number of halogens is 1. The van der Waals surface area contributed by atoms with Gasteiger partial charge in [-0.15, -0.1) is 0 Å². The van der Waals surface area contributed by atoms with E-state index in [-0.39, 0.29) is 22.7 Å². The van der Waals surface area contributed by atoms with Crippen LogP contribution in [0.1, 0.15) is 37.1 Å². The van der Waals surface area contributed by atoms with E-state index in [2.05, 4.69) is 41.2 Å². The molecule has 0 aliphatic carbocycles. The zero-order valence-electron chi connectivity index (χ0n) is 11.9. The van der Waals surface area contributed by atoms with Gasteiger partial charge in [0.25, 0.3) is 5.69 Å². The lowest BCUT2D eigenvalue weighted by Crippen LogP contribution is -2.22. The molecule has 0 radical (unpaired) electrons. The van der Waals surface area contributed by atoms with Gasteiger partial charge in [-0.05, 0) is 31.0 Å². The third-order valence-electron chi connectivity index (χ3n) is 3.48. The van der Waals surface area contributed by atoms with Gasteiger partial charge in [0.05, 0.1) is 4.92 Å². The Labute approximate surface area is 132 Å². The quantitative estimate of drug-likeness (QED) is 0.625. The Morgan fingerprint density at radius 2 is 1.67 bits per heavy atom. The van der Waals surface area contributed by atoms with Crippen molar-refractivity contribution < 1.29 is 4.92 Å². The first-order valence-electron chi connectivity index (χ1n) is 6.74. The lowest BCUT2D eigenvalue weighted by molar-refractivity contribution is -0.384. The van der Waals surface area contributed by atoms with E-state index in [9.17, 15) is 10.1 Å². The maximum atomic E-state index is 10.7. The number of nitro groups is 1. The second-order valence-corrected chi connectivity index (χ2v) is 5.83. The van der Waals surface area contributed by atoms with Crippen molar-refractivity contribution in [3.63, 3.8) is 0 Å². The molecule has 0 bridgehead atoms. The Morgan fingerprint density at radius 3 is 2.24 bits per heavy atom. The summed E-state index contributed by atoms with van der Waals surface area (Å²) in [6, 6.07) is 15.0. The van der Waals surface area contributed by atoms with Gasteiger partial charge in [-0.25, -0.2) is 0 Å². The second-order valence-electron chi connectivity index (χ2n) is 4.98. The molecule has 21 heavy (non-hydrogen) atoms. The molecule has 5 heteroatoms. The minimum absolute atomic E-state index is 0.105. The Kier molecular flexibility index (Phi) is 5.09. The van der Waals surface area contributed by atoms with Crippen molar-refractivity contribution in [1.82, 2.24) is 5.32 Å². The van der Waals surface area contributed by atoms with Gasteiger partial charge < -0.3 is 5.32 Å². The minimum Gasteiger partial charge on any atom is -0.304 e. The first-order chi connectivity index (χ1) is 9.99. The van der Waals surface area contributed by atoms with Crippen LogP contribution in [0.2, 0.25) is 0 Å². The van der Waals surface area contributed by atoms with E-state index >= 15 is 0 Å². The highest BCUT2D eigenvalue weighted by Gasteiger charge is 2.14. The standard InChI is InChI=1S/C16H17BrN2O2/c1-11(13-7-9-14(10-8-13)19(20)21)18-12(2)15-5-3-4-6-16(15)17/h3-12,18H,1-2H3/t11?,12-/m0/s1. The van der Waals surface area contributed by atoms with Gasteiger partial charge in [0, 0.05) is 28.7 Å². The maximum Gasteiger partial charge on any atom is 0.269 e. The van der Waals surface area contributed by atoms with Crippen LogP contribution in [0.15, 0.2) is 53.0 Å². The molecule has 4 nitrogen and oxygen atoms in total. The average molecular weight is 349 g/mol. The van der Waals surface area contributed by atoms with E-state index in [4.69, 9.17) is 0 Å². The summed E-state index contributed by atoms with van der Waals surface area (Å²) < 4.78 is 1.07. The van der Waals surface area contributed by atoms with Crippen LogP contribution in [0.3, 0.4) is 0 Å². The molecule has 2 aromatic carbocycles. The Morgan fingerprint density at radius 1 is 1.05 bits per heavy atom. The van der Waals surface area contributed by atoms with Crippen molar-refractivity contribution in [1.29, 1.82) is 0 Å². The van der Waals surface area contributed by atoms with Crippen LogP contribution in [0.25, 0.3) is 0 Å². The highest BCUT2D eigenvalue weighted by molar-refractivity contribution is 9.10. The molecule has 1 N–H and O–H groups in total. The summed E-state index contributed by atoms with van der Waals surface area (Å²) >= 11 is 3.55. The fourth-order valence-corrected chi connectivity index (χ4v) is 2.90. The van der Waals surface area contributed by atoms with E-state index in [0.717, 1.165) is 10.0 Å². The fourth-order valence-electron chi connectivity index (χ4n) is 2.27. The van der Waals surface area contributed by atoms with Gasteiger partial charge >= 0.3 is 0 Å². The van der Waals surface area contributed by atoms with Crippen molar-refractivity contribution >= 4 is 21.6 Å². The highest BCUT2D eigenvalue weighted by Crippen LogP contribution is 2.26. The Balaban J connectivity index is 2.09. The number of rotatable bonds is 5. The average Bonchev–Trinajstić information content (AvgIpc) is 2.47. The molecule has 0 fully saturated rings. The van der Waals surface area contributed by atoms with Gasteiger partial charge in [0.15, 0.2) is 0 Å². The third kappa shape index (κ3) is 3.89. The zero-order valence-corrected chi connectivity index (χ0v) is 13.5. The second kappa shape index (κ2) is 6.83. The van der Waals surface area contributed by atoms with Gasteiger partial charge in [-0.1, -0.05) is 46.3 Å². The molecule has 0 aliphatic heterocycles. The monoisotopic (exact) mass is 348 g/mol. The van der Waals surface area contributed by atoms with Crippen LogP contribution in [-0.4, -0.2) is 4.92 Å². The van der Waals surface area contributed by atoms with Gasteiger partial charge in [-0.3, -0.25) is 10.1 Å². The summed E-state index contributed by atoms with van der Waals surface area (Å²) in [6.45, 7) is 4.15. The topological polar surface area (TPSA) is 55.2 Å². The van der Waals surface area contributed by atoms with Crippen LogP contribution in [0.5, 0.6) is 0 Å². The van der Waals surface area contributed by atoms with Crippen molar-refractivity contribution in [2.24, 2.45) is 0 Å². The molecule has 0 aliphatic rings. The minimum atomic E-state index is -0.383. The van der Waals surface area contributed by atoms with Crippen molar-refractivity contribution in [3.05, 3.63) is 74.2 Å². The largest absolute Gasteiger partial charge is 0.304 e. The molecule has 2 aromatic rings. The van der Waals surface area contributed by atoms with Gasteiger partial charge in [0.1, 0.15) is 0 Å². The summed E-state index contributed by atoms with van der Waals surface area (Å²) in [5, 5.41) is 14.2.